The van der Waals surface area contributed by atoms with Crippen molar-refractivity contribution in [3.8, 4) is 0 Å². The minimum absolute atomic E-state index is 0.874. The van der Waals surface area contributed by atoms with Gasteiger partial charge in [-0.25, -0.2) is 0 Å². The molecule has 0 N–H and O–H groups in total. The molecule has 1 rings (SSSR count). The SMILES string of the molecule is Cl[Si](Cl)(Cl)OC1=CCCCCC1. The maximum absolute atomic E-state index is 5.63. The zero-order valence-electron chi connectivity index (χ0n) is 6.66. The minimum Gasteiger partial charge on any atom is -0.512 e. The van der Waals surface area contributed by atoms with Gasteiger partial charge >= 0.3 is 6.25 Å². The summed E-state index contributed by atoms with van der Waals surface area (Å²) in [6, 6.07) is 0. The molecule has 0 amide bonds. The highest BCUT2D eigenvalue weighted by Crippen LogP contribution is 2.28. The molecule has 0 saturated heterocycles. The molecule has 5 heteroatoms. The van der Waals surface area contributed by atoms with Crippen LogP contribution in [0.2, 0.25) is 0 Å². The lowest BCUT2D eigenvalue weighted by Gasteiger charge is -2.13. The Labute approximate surface area is 87.9 Å². The molecule has 0 saturated carbocycles. The lowest BCUT2D eigenvalue weighted by Crippen LogP contribution is -2.15. The highest BCUT2D eigenvalue weighted by Gasteiger charge is 2.30. The Hall–Kier alpha value is 0.627. The van der Waals surface area contributed by atoms with E-state index < -0.39 is 6.25 Å². The van der Waals surface area contributed by atoms with Crippen LogP contribution in [0.3, 0.4) is 0 Å². The number of rotatable bonds is 2. The summed E-state index contributed by atoms with van der Waals surface area (Å²) < 4.78 is 5.25. The van der Waals surface area contributed by atoms with Gasteiger partial charge in [-0.15, -0.1) is 0 Å². The minimum atomic E-state index is -2.92. The van der Waals surface area contributed by atoms with E-state index >= 15 is 0 Å². The highest BCUT2D eigenvalue weighted by molar-refractivity contribution is 7.62. The van der Waals surface area contributed by atoms with Crippen molar-refractivity contribution in [2.75, 3.05) is 0 Å². The average Bonchev–Trinajstić information content (AvgIpc) is 2.12. The fourth-order valence-corrected chi connectivity index (χ4v) is 2.60. The quantitative estimate of drug-likeness (QED) is 0.528. The first-order valence-corrected chi connectivity index (χ1v) is 8.97. The smallest absolute Gasteiger partial charge is 0.512 e. The van der Waals surface area contributed by atoms with Gasteiger partial charge in [-0.3, -0.25) is 0 Å². The number of hydrogen-bond donors (Lipinski definition) is 0. The first-order valence-electron chi connectivity index (χ1n) is 4.03. The van der Waals surface area contributed by atoms with E-state index in [1.807, 2.05) is 6.08 Å². The first kappa shape index (κ1) is 10.7. The zero-order chi connectivity index (χ0) is 9.03. The normalized spacial score (nSPS) is 19.8. The molecule has 0 aromatic rings. The van der Waals surface area contributed by atoms with Crippen LogP contribution in [0.1, 0.15) is 32.1 Å². The third-order valence-corrected chi connectivity index (χ3v) is 2.93. The molecule has 0 atom stereocenters. The Bertz CT molecular complexity index is 176. The van der Waals surface area contributed by atoms with Crippen molar-refractivity contribution in [2.24, 2.45) is 0 Å². The van der Waals surface area contributed by atoms with Gasteiger partial charge in [-0.05, 0) is 25.3 Å². The van der Waals surface area contributed by atoms with Crippen molar-refractivity contribution >= 4 is 39.5 Å². The summed E-state index contributed by atoms with van der Waals surface area (Å²) in [6.07, 6.45) is 4.69. The molecule has 0 radical (unpaired) electrons. The van der Waals surface area contributed by atoms with Gasteiger partial charge in [0.25, 0.3) is 0 Å². The summed E-state index contributed by atoms with van der Waals surface area (Å²) >= 11 is 16.9. The molecule has 0 heterocycles. The molecule has 0 aliphatic heterocycles. The highest BCUT2D eigenvalue weighted by atomic mass is 35.8. The van der Waals surface area contributed by atoms with Gasteiger partial charge in [0.05, 0.1) is 5.76 Å². The first-order chi connectivity index (χ1) is 5.58. The van der Waals surface area contributed by atoms with Crippen molar-refractivity contribution in [1.82, 2.24) is 0 Å². The predicted molar refractivity (Wildman–Crippen MR) is 55.6 cm³/mol. The molecular weight excluding hydrogens is 235 g/mol. The van der Waals surface area contributed by atoms with Crippen molar-refractivity contribution in [3.63, 3.8) is 0 Å². The number of allylic oxidation sites excluding steroid dienone is 2. The van der Waals surface area contributed by atoms with E-state index in [1.54, 1.807) is 0 Å². The Kier molecular flexibility index (Phi) is 4.24. The topological polar surface area (TPSA) is 9.23 Å². The van der Waals surface area contributed by atoms with Crippen molar-refractivity contribution in [1.29, 1.82) is 0 Å². The number of halogens is 3. The van der Waals surface area contributed by atoms with E-state index in [2.05, 4.69) is 0 Å². The molecule has 1 aliphatic carbocycles. The summed E-state index contributed by atoms with van der Waals surface area (Å²) in [6.45, 7) is 0. The van der Waals surface area contributed by atoms with Gasteiger partial charge in [0.2, 0.25) is 0 Å². The third kappa shape index (κ3) is 4.60. The molecule has 0 fully saturated rings. The summed E-state index contributed by atoms with van der Waals surface area (Å²) in [4.78, 5) is 0. The summed E-state index contributed by atoms with van der Waals surface area (Å²) in [5, 5.41) is 0. The van der Waals surface area contributed by atoms with Gasteiger partial charge in [-0.1, -0.05) is 39.7 Å². The van der Waals surface area contributed by atoms with E-state index in [4.69, 9.17) is 37.7 Å². The molecule has 70 valence electrons. The molecule has 0 bridgehead atoms. The van der Waals surface area contributed by atoms with Crippen LogP contribution in [0.15, 0.2) is 11.8 Å². The maximum Gasteiger partial charge on any atom is 0.555 e. The molecular formula is C7H11Cl3OSi. The summed E-state index contributed by atoms with van der Waals surface area (Å²) in [5.41, 5.74) is 0. The molecule has 1 nitrogen and oxygen atoms in total. The van der Waals surface area contributed by atoms with Crippen molar-refractivity contribution in [2.45, 2.75) is 32.1 Å². The second kappa shape index (κ2) is 4.75. The predicted octanol–water partition coefficient (Wildman–Crippen LogP) is 4.00. The van der Waals surface area contributed by atoms with E-state index in [-0.39, 0.29) is 0 Å². The second-order valence-corrected chi connectivity index (χ2v) is 10.4. The number of hydrogen-bond acceptors (Lipinski definition) is 1. The Morgan fingerprint density at radius 1 is 1.17 bits per heavy atom. The van der Waals surface area contributed by atoms with Crippen LogP contribution in [0, 0.1) is 0 Å². The fourth-order valence-electron chi connectivity index (χ4n) is 1.23. The summed E-state index contributed by atoms with van der Waals surface area (Å²) in [5.74, 6) is 0.874. The monoisotopic (exact) mass is 244 g/mol. The van der Waals surface area contributed by atoms with E-state index in [0.29, 0.717) is 0 Å². The van der Waals surface area contributed by atoms with Crippen LogP contribution in [0.4, 0.5) is 0 Å². The van der Waals surface area contributed by atoms with Crippen LogP contribution in [0.25, 0.3) is 0 Å². The van der Waals surface area contributed by atoms with Crippen molar-refractivity contribution in [3.05, 3.63) is 11.8 Å². The lowest BCUT2D eigenvalue weighted by molar-refractivity contribution is 0.423. The molecule has 1 aliphatic rings. The molecule has 0 spiro atoms. The molecule has 0 unspecified atom stereocenters. The van der Waals surface area contributed by atoms with E-state index in [1.165, 1.54) is 12.8 Å². The zero-order valence-corrected chi connectivity index (χ0v) is 9.92. The van der Waals surface area contributed by atoms with Gasteiger partial charge in [0.1, 0.15) is 0 Å². The fraction of sp³-hybridized carbons (Fsp3) is 0.714. The third-order valence-electron chi connectivity index (χ3n) is 1.75. The van der Waals surface area contributed by atoms with Crippen LogP contribution in [-0.4, -0.2) is 6.25 Å². The van der Waals surface area contributed by atoms with Gasteiger partial charge < -0.3 is 4.43 Å². The van der Waals surface area contributed by atoms with Gasteiger partial charge in [-0.2, -0.15) is 0 Å². The van der Waals surface area contributed by atoms with Gasteiger partial charge in [0, 0.05) is 6.42 Å². The Morgan fingerprint density at radius 3 is 2.58 bits per heavy atom. The van der Waals surface area contributed by atoms with Crippen LogP contribution in [0.5, 0.6) is 0 Å². The second-order valence-electron chi connectivity index (χ2n) is 2.82. The standard InChI is InChI=1S/C7H11Cl3OSi/c8-12(9,10)11-7-5-3-1-2-4-6-7/h5H,1-4,6H2. The Morgan fingerprint density at radius 2 is 1.92 bits per heavy atom. The van der Waals surface area contributed by atoms with Crippen LogP contribution in [-0.2, 0) is 4.43 Å². The largest absolute Gasteiger partial charge is 0.555 e. The average molecular weight is 246 g/mol. The molecule has 0 aromatic heterocycles. The molecule has 12 heavy (non-hydrogen) atoms. The Balaban J connectivity index is 2.44. The van der Waals surface area contributed by atoms with Crippen LogP contribution >= 0.6 is 33.2 Å². The van der Waals surface area contributed by atoms with E-state index in [9.17, 15) is 0 Å². The van der Waals surface area contributed by atoms with Crippen molar-refractivity contribution < 1.29 is 4.43 Å². The lowest BCUT2D eigenvalue weighted by atomic mass is 10.2. The summed E-state index contributed by atoms with van der Waals surface area (Å²) in [7, 11) is 0. The van der Waals surface area contributed by atoms with E-state index in [0.717, 1.165) is 25.0 Å². The van der Waals surface area contributed by atoms with Gasteiger partial charge in [0.15, 0.2) is 0 Å². The van der Waals surface area contributed by atoms with Crippen LogP contribution < -0.4 is 0 Å². The molecule has 0 aromatic carbocycles. The maximum atomic E-state index is 5.63.